The average Bonchev–Trinajstić information content (AvgIpc) is 2.45. The highest BCUT2D eigenvalue weighted by molar-refractivity contribution is 7.90. The number of sulfonamides is 1. The molecule has 0 spiro atoms. The lowest BCUT2D eigenvalue weighted by Crippen LogP contribution is -2.40. The number of rotatable bonds is 2. The van der Waals surface area contributed by atoms with Crippen LogP contribution in [0.2, 0.25) is 0 Å². The van der Waals surface area contributed by atoms with E-state index in [0.29, 0.717) is 0 Å². The molecule has 0 fully saturated rings. The second-order valence-electron chi connectivity index (χ2n) is 5.14. The van der Waals surface area contributed by atoms with Crippen molar-refractivity contribution in [3.05, 3.63) is 59.2 Å². The summed E-state index contributed by atoms with van der Waals surface area (Å²) in [6, 6.07) is 6.88. The topological polar surface area (TPSA) is 75.3 Å². The van der Waals surface area contributed by atoms with Crippen LogP contribution in [-0.2, 0) is 10.0 Å². The predicted octanol–water partition coefficient (Wildman–Crippen LogP) is 2.94. The Morgan fingerprint density at radius 3 is 2.43 bits per heavy atom. The Hall–Kier alpha value is -2.48. The van der Waals surface area contributed by atoms with Gasteiger partial charge in [-0.3, -0.25) is 0 Å². The van der Waals surface area contributed by atoms with Crippen molar-refractivity contribution < 1.29 is 22.0 Å². The van der Waals surface area contributed by atoms with Gasteiger partial charge in [-0.1, -0.05) is 25.1 Å². The van der Waals surface area contributed by atoms with Gasteiger partial charge in [0.15, 0.2) is 0 Å². The summed E-state index contributed by atoms with van der Waals surface area (Å²) in [6.45, 7) is 1.54. The van der Waals surface area contributed by atoms with Crippen LogP contribution in [0, 0.1) is 11.6 Å². The number of nitrogens with one attached hydrogen (secondary N) is 2. The SMILES string of the molecule is C[C@H](c1ccccc1F)c1c(F)ccc2c1NC(=O)NS2(=O)=O. The molecule has 5 nitrogen and oxygen atoms in total. The molecule has 1 aliphatic heterocycles. The molecule has 2 aromatic rings. The van der Waals surface area contributed by atoms with Crippen LogP contribution in [0.5, 0.6) is 0 Å². The van der Waals surface area contributed by atoms with Crippen LogP contribution in [0.1, 0.15) is 24.0 Å². The molecule has 1 heterocycles. The van der Waals surface area contributed by atoms with Crippen LogP contribution in [0.3, 0.4) is 0 Å². The molecule has 3 rings (SSSR count). The maximum absolute atomic E-state index is 14.3. The lowest BCUT2D eigenvalue weighted by molar-refractivity contribution is 0.256. The Kier molecular flexibility index (Phi) is 3.56. The van der Waals surface area contributed by atoms with Crippen molar-refractivity contribution in [1.82, 2.24) is 4.72 Å². The van der Waals surface area contributed by atoms with Gasteiger partial charge < -0.3 is 5.32 Å². The number of anilines is 1. The van der Waals surface area contributed by atoms with Gasteiger partial charge in [0.2, 0.25) is 0 Å². The minimum absolute atomic E-state index is 0.0778. The summed E-state index contributed by atoms with van der Waals surface area (Å²) in [5, 5.41) is 2.30. The number of urea groups is 1. The number of carbonyl (C=O) groups is 1. The first kappa shape index (κ1) is 15.4. The summed E-state index contributed by atoms with van der Waals surface area (Å²) in [5.74, 6) is -2.06. The molecular formula is C15H12F2N2O3S. The number of halogens is 2. The van der Waals surface area contributed by atoms with E-state index in [1.54, 1.807) is 10.8 Å². The van der Waals surface area contributed by atoms with Crippen LogP contribution in [0.4, 0.5) is 19.3 Å². The third-order valence-corrected chi connectivity index (χ3v) is 5.09. The van der Waals surface area contributed by atoms with E-state index in [4.69, 9.17) is 0 Å². The zero-order valence-electron chi connectivity index (χ0n) is 11.9. The second-order valence-corrected chi connectivity index (χ2v) is 6.79. The lowest BCUT2D eigenvalue weighted by Gasteiger charge is -2.24. The first-order valence-corrected chi connectivity index (χ1v) is 8.20. The van der Waals surface area contributed by atoms with Crippen molar-refractivity contribution in [2.75, 3.05) is 5.32 Å². The highest BCUT2D eigenvalue weighted by Gasteiger charge is 2.33. The van der Waals surface area contributed by atoms with Crippen molar-refractivity contribution in [3.63, 3.8) is 0 Å². The first-order chi connectivity index (χ1) is 10.8. The molecular weight excluding hydrogens is 326 g/mol. The molecule has 0 bridgehead atoms. The van der Waals surface area contributed by atoms with Crippen molar-refractivity contribution in [3.8, 4) is 0 Å². The number of fused-ring (bicyclic) bond motifs is 1. The van der Waals surface area contributed by atoms with E-state index in [0.717, 1.165) is 12.1 Å². The maximum atomic E-state index is 14.3. The van der Waals surface area contributed by atoms with E-state index >= 15 is 0 Å². The zero-order valence-corrected chi connectivity index (χ0v) is 12.7. The standard InChI is InChI=1S/C15H12F2N2O3S/c1-8(9-4-2-3-5-10(9)16)13-11(17)6-7-12-14(13)18-15(20)19-23(12,21)22/h2-8H,1H3,(H2,18,19,20)/t8-/m1/s1. The smallest absolute Gasteiger partial charge is 0.305 e. The first-order valence-electron chi connectivity index (χ1n) is 6.72. The van der Waals surface area contributed by atoms with Gasteiger partial charge in [0.1, 0.15) is 16.5 Å². The lowest BCUT2D eigenvalue weighted by atomic mass is 9.91. The van der Waals surface area contributed by atoms with Crippen molar-refractivity contribution in [1.29, 1.82) is 0 Å². The van der Waals surface area contributed by atoms with Crippen molar-refractivity contribution >= 4 is 21.7 Å². The Labute approximate surface area is 131 Å². The van der Waals surface area contributed by atoms with Gasteiger partial charge in [-0.05, 0) is 23.8 Å². The summed E-state index contributed by atoms with van der Waals surface area (Å²) in [4.78, 5) is 11.3. The molecule has 1 aliphatic rings. The average molecular weight is 338 g/mol. The number of hydrogen-bond acceptors (Lipinski definition) is 3. The van der Waals surface area contributed by atoms with Gasteiger partial charge in [0.05, 0.1) is 5.69 Å². The monoisotopic (exact) mass is 338 g/mol. The quantitative estimate of drug-likeness (QED) is 0.884. The van der Waals surface area contributed by atoms with Gasteiger partial charge in [-0.15, -0.1) is 0 Å². The van der Waals surface area contributed by atoms with E-state index in [1.165, 1.54) is 25.1 Å². The largest absolute Gasteiger partial charge is 0.333 e. The molecule has 0 saturated heterocycles. The fourth-order valence-corrected chi connectivity index (χ4v) is 3.73. The maximum Gasteiger partial charge on any atom is 0.333 e. The normalized spacial score (nSPS) is 16.9. The summed E-state index contributed by atoms with van der Waals surface area (Å²) in [5.41, 5.74) is -0.0412. The van der Waals surface area contributed by atoms with Gasteiger partial charge in [-0.2, -0.15) is 0 Å². The Morgan fingerprint density at radius 1 is 1.04 bits per heavy atom. The molecule has 0 unspecified atom stereocenters. The third-order valence-electron chi connectivity index (χ3n) is 3.71. The predicted molar refractivity (Wildman–Crippen MR) is 79.7 cm³/mol. The number of benzene rings is 2. The van der Waals surface area contributed by atoms with Crippen LogP contribution < -0.4 is 10.0 Å². The molecule has 0 aliphatic carbocycles. The fourth-order valence-electron chi connectivity index (χ4n) is 2.65. The van der Waals surface area contributed by atoms with E-state index in [1.807, 2.05) is 0 Å². The Balaban J connectivity index is 2.25. The number of amides is 2. The molecule has 120 valence electrons. The van der Waals surface area contributed by atoms with Crippen LogP contribution in [-0.4, -0.2) is 14.4 Å². The van der Waals surface area contributed by atoms with E-state index < -0.39 is 33.6 Å². The summed E-state index contributed by atoms with van der Waals surface area (Å²) in [7, 11) is -4.08. The minimum atomic E-state index is -4.08. The molecule has 8 heteroatoms. The third kappa shape index (κ3) is 2.55. The van der Waals surface area contributed by atoms with Crippen LogP contribution in [0.25, 0.3) is 0 Å². The zero-order chi connectivity index (χ0) is 16.8. The summed E-state index contributed by atoms with van der Waals surface area (Å²) < 4.78 is 54.1. The number of hydrogen-bond donors (Lipinski definition) is 2. The van der Waals surface area contributed by atoms with Gasteiger partial charge in [0.25, 0.3) is 10.0 Å². The van der Waals surface area contributed by atoms with Gasteiger partial charge in [0, 0.05) is 11.5 Å². The van der Waals surface area contributed by atoms with E-state index in [-0.39, 0.29) is 21.7 Å². The van der Waals surface area contributed by atoms with E-state index in [9.17, 15) is 22.0 Å². The molecule has 2 N–H and O–H groups in total. The second kappa shape index (κ2) is 5.31. The summed E-state index contributed by atoms with van der Waals surface area (Å²) >= 11 is 0. The van der Waals surface area contributed by atoms with Crippen LogP contribution >= 0.6 is 0 Å². The van der Waals surface area contributed by atoms with Crippen molar-refractivity contribution in [2.45, 2.75) is 17.7 Å². The van der Waals surface area contributed by atoms with Crippen molar-refractivity contribution in [2.24, 2.45) is 0 Å². The molecule has 23 heavy (non-hydrogen) atoms. The highest BCUT2D eigenvalue weighted by atomic mass is 32.2. The highest BCUT2D eigenvalue weighted by Crippen LogP contribution is 2.38. The Bertz CT molecular complexity index is 913. The summed E-state index contributed by atoms with van der Waals surface area (Å²) in [6.07, 6.45) is 0. The molecule has 0 aromatic heterocycles. The molecule has 0 saturated carbocycles. The number of carbonyl (C=O) groups excluding carboxylic acids is 1. The minimum Gasteiger partial charge on any atom is -0.305 e. The van der Waals surface area contributed by atoms with E-state index in [2.05, 4.69) is 5.32 Å². The molecule has 2 aromatic carbocycles. The Morgan fingerprint density at radius 2 is 1.74 bits per heavy atom. The molecule has 0 radical (unpaired) electrons. The van der Waals surface area contributed by atoms with Gasteiger partial charge >= 0.3 is 6.03 Å². The molecule has 1 atom stereocenters. The van der Waals surface area contributed by atoms with Crippen LogP contribution in [0.15, 0.2) is 41.3 Å². The fraction of sp³-hybridized carbons (Fsp3) is 0.133. The van der Waals surface area contributed by atoms with Gasteiger partial charge in [-0.25, -0.2) is 26.7 Å². The molecule has 2 amide bonds.